The van der Waals surface area contributed by atoms with Crippen LogP contribution in [0.15, 0.2) is 24.3 Å². The van der Waals surface area contributed by atoms with Gasteiger partial charge in [-0.05, 0) is 24.3 Å². The molecule has 0 fully saturated rings. The zero-order valence-electron chi connectivity index (χ0n) is 10.9. The van der Waals surface area contributed by atoms with Gasteiger partial charge in [0.25, 0.3) is 0 Å². The quantitative estimate of drug-likeness (QED) is 0.378. The highest BCUT2D eigenvalue weighted by Gasteiger charge is 2.34. The number of aliphatic hydroxyl groups is 5. The molecule has 1 aromatic carbocycles. The Morgan fingerprint density at radius 2 is 1.65 bits per heavy atom. The molecule has 0 amide bonds. The van der Waals surface area contributed by atoms with E-state index < -0.39 is 36.8 Å². The molecule has 4 atom stereocenters. The topological polar surface area (TPSA) is 127 Å². The van der Waals surface area contributed by atoms with Crippen molar-refractivity contribution in [2.75, 3.05) is 13.7 Å². The first-order chi connectivity index (χ1) is 9.42. The van der Waals surface area contributed by atoms with Crippen LogP contribution in [0, 0.1) is 0 Å². The van der Waals surface area contributed by atoms with E-state index in [2.05, 4.69) is 0 Å². The smallest absolute Gasteiger partial charge is 0.194 e. The fourth-order valence-electron chi connectivity index (χ4n) is 1.60. The molecule has 0 aliphatic carbocycles. The molecule has 7 heteroatoms. The summed E-state index contributed by atoms with van der Waals surface area (Å²) >= 11 is 0. The Morgan fingerprint density at radius 3 is 2.10 bits per heavy atom. The normalized spacial score (nSPS) is 17.1. The van der Waals surface area contributed by atoms with Crippen molar-refractivity contribution in [3.8, 4) is 5.75 Å². The Kier molecular flexibility index (Phi) is 6.05. The number of carbonyl (C=O) groups is 1. The lowest BCUT2D eigenvalue weighted by Gasteiger charge is -2.24. The third-order valence-corrected chi connectivity index (χ3v) is 2.90. The van der Waals surface area contributed by atoms with E-state index in [9.17, 15) is 20.1 Å². The predicted molar refractivity (Wildman–Crippen MR) is 68.4 cm³/mol. The molecule has 5 N–H and O–H groups in total. The van der Waals surface area contributed by atoms with Gasteiger partial charge in [0, 0.05) is 5.56 Å². The number of aliphatic hydroxyl groups excluding tert-OH is 5. The summed E-state index contributed by atoms with van der Waals surface area (Å²) in [5.41, 5.74) is 0.114. The Hall–Kier alpha value is -1.51. The van der Waals surface area contributed by atoms with Crippen LogP contribution in [0.4, 0.5) is 0 Å². The number of ketones is 1. The molecule has 20 heavy (non-hydrogen) atoms. The standard InChI is InChI=1S/C13H18O7/c1-20-8-4-2-7(3-5-8)10(16)12(18)13(19)11(17)9(15)6-14/h2-5,9,11-15,17-19H,6H2,1H3/t9-,11-,12+,13+/m1/s1. The molecule has 1 aromatic rings. The van der Waals surface area contributed by atoms with Crippen molar-refractivity contribution in [1.82, 2.24) is 0 Å². The molecule has 0 spiro atoms. The van der Waals surface area contributed by atoms with Crippen LogP contribution in [0.5, 0.6) is 5.75 Å². The predicted octanol–water partition coefficient (Wildman–Crippen LogP) is -1.69. The van der Waals surface area contributed by atoms with Crippen LogP contribution >= 0.6 is 0 Å². The Bertz CT molecular complexity index is 431. The fraction of sp³-hybridized carbons (Fsp3) is 0.462. The molecule has 0 bridgehead atoms. The second kappa shape index (κ2) is 7.32. The lowest BCUT2D eigenvalue weighted by atomic mass is 9.96. The third-order valence-electron chi connectivity index (χ3n) is 2.90. The van der Waals surface area contributed by atoms with Gasteiger partial charge in [-0.2, -0.15) is 0 Å². The highest BCUT2D eigenvalue weighted by Crippen LogP contribution is 2.15. The number of rotatable bonds is 7. The molecule has 0 saturated heterocycles. The summed E-state index contributed by atoms with van der Waals surface area (Å²) in [6.45, 7) is -0.804. The summed E-state index contributed by atoms with van der Waals surface area (Å²) in [6.07, 6.45) is -7.31. The molecule has 0 saturated carbocycles. The van der Waals surface area contributed by atoms with Crippen molar-refractivity contribution < 1.29 is 35.1 Å². The van der Waals surface area contributed by atoms with Gasteiger partial charge in [0.2, 0.25) is 0 Å². The van der Waals surface area contributed by atoms with Crippen molar-refractivity contribution >= 4 is 5.78 Å². The van der Waals surface area contributed by atoms with Crippen LogP contribution in [0.3, 0.4) is 0 Å². The second-order valence-electron chi connectivity index (χ2n) is 4.27. The largest absolute Gasteiger partial charge is 0.497 e. The molecule has 1 rings (SSSR count). The number of ether oxygens (including phenoxy) is 1. The zero-order chi connectivity index (χ0) is 15.3. The molecular weight excluding hydrogens is 268 g/mol. The molecule has 7 nitrogen and oxygen atoms in total. The number of carbonyl (C=O) groups excluding carboxylic acids is 1. The van der Waals surface area contributed by atoms with Crippen LogP contribution in [-0.2, 0) is 0 Å². The molecular formula is C13H18O7. The molecule has 0 aromatic heterocycles. The average Bonchev–Trinajstić information content (AvgIpc) is 2.51. The van der Waals surface area contributed by atoms with Gasteiger partial charge in [-0.15, -0.1) is 0 Å². The molecule has 0 radical (unpaired) electrons. The van der Waals surface area contributed by atoms with Crippen molar-refractivity contribution in [3.63, 3.8) is 0 Å². The highest BCUT2D eigenvalue weighted by atomic mass is 16.5. The fourth-order valence-corrected chi connectivity index (χ4v) is 1.60. The van der Waals surface area contributed by atoms with Gasteiger partial charge in [-0.3, -0.25) is 4.79 Å². The minimum Gasteiger partial charge on any atom is -0.497 e. The lowest BCUT2D eigenvalue weighted by Crippen LogP contribution is -2.48. The molecule has 0 heterocycles. The number of methoxy groups -OCH3 is 1. The average molecular weight is 286 g/mol. The molecule has 0 aliphatic heterocycles. The van der Waals surface area contributed by atoms with Crippen LogP contribution < -0.4 is 4.74 Å². The van der Waals surface area contributed by atoms with Gasteiger partial charge in [0.15, 0.2) is 5.78 Å². The number of hydrogen-bond donors (Lipinski definition) is 5. The molecule has 112 valence electrons. The Morgan fingerprint density at radius 1 is 1.10 bits per heavy atom. The Balaban J connectivity index is 2.79. The minimum absolute atomic E-state index is 0.114. The summed E-state index contributed by atoms with van der Waals surface area (Å²) in [6, 6.07) is 5.80. The highest BCUT2D eigenvalue weighted by molar-refractivity contribution is 5.99. The maximum Gasteiger partial charge on any atom is 0.194 e. The SMILES string of the molecule is COc1ccc(C(=O)[C@H](O)[C@@H](O)[C@H](O)[C@H](O)CO)cc1. The van der Waals surface area contributed by atoms with Crippen LogP contribution in [-0.4, -0.2) is 69.4 Å². The van der Waals surface area contributed by atoms with Crippen molar-refractivity contribution in [1.29, 1.82) is 0 Å². The van der Waals surface area contributed by atoms with Gasteiger partial charge < -0.3 is 30.3 Å². The number of Topliss-reactive ketones (excluding diaryl/α,β-unsaturated/α-hetero) is 1. The first-order valence-corrected chi connectivity index (χ1v) is 5.93. The van der Waals surface area contributed by atoms with Gasteiger partial charge in [0.1, 0.15) is 30.2 Å². The molecule has 0 unspecified atom stereocenters. The van der Waals surface area contributed by atoms with E-state index >= 15 is 0 Å². The van der Waals surface area contributed by atoms with E-state index in [0.29, 0.717) is 5.75 Å². The van der Waals surface area contributed by atoms with Crippen LogP contribution in [0.2, 0.25) is 0 Å². The monoisotopic (exact) mass is 286 g/mol. The number of hydrogen-bond acceptors (Lipinski definition) is 7. The van der Waals surface area contributed by atoms with E-state index in [1.54, 1.807) is 0 Å². The Labute approximate surface area is 115 Å². The van der Waals surface area contributed by atoms with E-state index in [1.165, 1.54) is 31.4 Å². The van der Waals surface area contributed by atoms with E-state index in [1.807, 2.05) is 0 Å². The van der Waals surface area contributed by atoms with E-state index in [0.717, 1.165) is 0 Å². The van der Waals surface area contributed by atoms with Crippen LogP contribution in [0.1, 0.15) is 10.4 Å². The van der Waals surface area contributed by atoms with Gasteiger partial charge in [-0.1, -0.05) is 0 Å². The van der Waals surface area contributed by atoms with E-state index in [-0.39, 0.29) is 5.56 Å². The lowest BCUT2D eigenvalue weighted by molar-refractivity contribution is -0.105. The maximum absolute atomic E-state index is 11.9. The maximum atomic E-state index is 11.9. The summed E-state index contributed by atoms with van der Waals surface area (Å²) in [4.78, 5) is 11.9. The summed E-state index contributed by atoms with van der Waals surface area (Å²) < 4.78 is 4.92. The minimum atomic E-state index is -1.92. The van der Waals surface area contributed by atoms with Crippen LogP contribution in [0.25, 0.3) is 0 Å². The summed E-state index contributed by atoms with van der Waals surface area (Å²) in [5.74, 6) is -0.295. The summed E-state index contributed by atoms with van der Waals surface area (Å²) in [7, 11) is 1.46. The van der Waals surface area contributed by atoms with E-state index in [4.69, 9.17) is 14.9 Å². The second-order valence-corrected chi connectivity index (χ2v) is 4.27. The van der Waals surface area contributed by atoms with Crippen molar-refractivity contribution in [3.05, 3.63) is 29.8 Å². The van der Waals surface area contributed by atoms with Gasteiger partial charge in [0.05, 0.1) is 13.7 Å². The van der Waals surface area contributed by atoms with Crippen molar-refractivity contribution in [2.24, 2.45) is 0 Å². The third kappa shape index (κ3) is 3.75. The first-order valence-electron chi connectivity index (χ1n) is 5.93. The van der Waals surface area contributed by atoms with Crippen molar-refractivity contribution in [2.45, 2.75) is 24.4 Å². The van der Waals surface area contributed by atoms with Gasteiger partial charge in [-0.25, -0.2) is 0 Å². The number of benzene rings is 1. The summed E-state index contributed by atoms with van der Waals surface area (Å²) in [5, 5.41) is 46.6. The molecule has 0 aliphatic rings. The first kappa shape index (κ1) is 16.5. The zero-order valence-corrected chi connectivity index (χ0v) is 10.9. The van der Waals surface area contributed by atoms with Gasteiger partial charge >= 0.3 is 0 Å².